The molecule has 0 N–H and O–H groups in total. The molecule has 21 heavy (non-hydrogen) atoms. The van der Waals surface area contributed by atoms with Crippen LogP contribution in [0.1, 0.15) is 38.2 Å². The Morgan fingerprint density at radius 3 is 2.48 bits per heavy atom. The number of carbonyl (C=O) groups is 1. The Morgan fingerprint density at radius 2 is 1.81 bits per heavy atom. The van der Waals surface area contributed by atoms with Crippen LogP contribution in [-0.2, 0) is 9.53 Å². The van der Waals surface area contributed by atoms with Crippen molar-refractivity contribution in [2.24, 2.45) is 0 Å². The Bertz CT molecular complexity index is 619. The van der Waals surface area contributed by atoms with E-state index >= 15 is 0 Å². The first kappa shape index (κ1) is 15.4. The summed E-state index contributed by atoms with van der Waals surface area (Å²) in [6.07, 6.45) is 1.35. The number of ether oxygens (including phenoxy) is 2. The van der Waals surface area contributed by atoms with E-state index < -0.39 is 0 Å². The maximum absolute atomic E-state index is 11.7. The van der Waals surface area contributed by atoms with Crippen LogP contribution in [0.25, 0.3) is 10.8 Å². The number of rotatable bonds is 6. The van der Waals surface area contributed by atoms with E-state index in [4.69, 9.17) is 9.47 Å². The highest BCUT2D eigenvalue weighted by molar-refractivity contribution is 5.84. The van der Waals surface area contributed by atoms with Gasteiger partial charge in [-0.3, -0.25) is 4.79 Å². The van der Waals surface area contributed by atoms with Crippen LogP contribution in [0.5, 0.6) is 5.75 Å². The van der Waals surface area contributed by atoms with Crippen molar-refractivity contribution in [3.05, 3.63) is 42.0 Å². The smallest absolute Gasteiger partial charge is 0.306 e. The Kier molecular flexibility index (Phi) is 5.20. The third-order valence-electron chi connectivity index (χ3n) is 3.75. The lowest BCUT2D eigenvalue weighted by Gasteiger charge is -2.15. The van der Waals surface area contributed by atoms with Gasteiger partial charge in [-0.15, -0.1) is 0 Å². The summed E-state index contributed by atoms with van der Waals surface area (Å²) in [5, 5.41) is 2.31. The molecule has 0 saturated heterocycles. The first-order valence-electron chi connectivity index (χ1n) is 7.41. The van der Waals surface area contributed by atoms with Crippen LogP contribution in [0.4, 0.5) is 0 Å². The molecule has 0 fully saturated rings. The summed E-state index contributed by atoms with van der Waals surface area (Å²) in [4.78, 5) is 11.7. The topological polar surface area (TPSA) is 35.5 Å². The molecule has 0 saturated carbocycles. The second-order valence-corrected chi connectivity index (χ2v) is 5.09. The van der Waals surface area contributed by atoms with Crippen molar-refractivity contribution in [1.29, 1.82) is 0 Å². The van der Waals surface area contributed by atoms with Gasteiger partial charge in [0.15, 0.2) is 0 Å². The molecule has 0 radical (unpaired) electrons. The summed E-state index contributed by atoms with van der Waals surface area (Å²) in [6.45, 7) is 4.37. The zero-order valence-corrected chi connectivity index (χ0v) is 12.9. The van der Waals surface area contributed by atoms with Crippen molar-refractivity contribution in [3.8, 4) is 5.75 Å². The lowest BCUT2D eigenvalue weighted by Crippen LogP contribution is -2.10. The van der Waals surface area contributed by atoms with Gasteiger partial charge in [-0.2, -0.15) is 0 Å². The van der Waals surface area contributed by atoms with E-state index in [1.807, 2.05) is 19.1 Å². The molecule has 2 aromatic rings. The first-order chi connectivity index (χ1) is 10.2. The molecule has 2 rings (SSSR count). The van der Waals surface area contributed by atoms with Crippen molar-refractivity contribution in [1.82, 2.24) is 0 Å². The van der Waals surface area contributed by atoms with Gasteiger partial charge < -0.3 is 9.47 Å². The third-order valence-corrected chi connectivity index (χ3v) is 3.75. The molecule has 3 heteroatoms. The van der Waals surface area contributed by atoms with Crippen LogP contribution in [0, 0.1) is 0 Å². The number of hydrogen-bond donors (Lipinski definition) is 0. The van der Waals surface area contributed by atoms with E-state index in [1.54, 1.807) is 7.11 Å². The van der Waals surface area contributed by atoms with Crippen LogP contribution in [-0.4, -0.2) is 19.7 Å². The lowest BCUT2D eigenvalue weighted by atomic mass is 9.91. The second-order valence-electron chi connectivity index (χ2n) is 5.09. The monoisotopic (exact) mass is 286 g/mol. The van der Waals surface area contributed by atoms with Crippen LogP contribution >= 0.6 is 0 Å². The third kappa shape index (κ3) is 3.75. The Balaban J connectivity index is 2.25. The molecule has 112 valence electrons. The van der Waals surface area contributed by atoms with Crippen molar-refractivity contribution in [3.63, 3.8) is 0 Å². The Hall–Kier alpha value is -2.03. The van der Waals surface area contributed by atoms with Gasteiger partial charge in [-0.25, -0.2) is 0 Å². The first-order valence-corrected chi connectivity index (χ1v) is 7.41. The predicted molar refractivity (Wildman–Crippen MR) is 84.8 cm³/mol. The molecule has 0 aliphatic heterocycles. The van der Waals surface area contributed by atoms with Crippen molar-refractivity contribution in [2.75, 3.05) is 13.7 Å². The van der Waals surface area contributed by atoms with E-state index in [2.05, 4.69) is 31.2 Å². The molecular formula is C18H22O3. The summed E-state index contributed by atoms with van der Waals surface area (Å²) >= 11 is 0. The average molecular weight is 286 g/mol. The zero-order chi connectivity index (χ0) is 15.2. The summed E-state index contributed by atoms with van der Waals surface area (Å²) in [5.74, 6) is 0.934. The van der Waals surface area contributed by atoms with Gasteiger partial charge in [0.1, 0.15) is 5.75 Å². The van der Waals surface area contributed by atoms with E-state index in [0.717, 1.165) is 22.9 Å². The molecule has 1 atom stereocenters. The summed E-state index contributed by atoms with van der Waals surface area (Å²) in [5.41, 5.74) is 1.18. The van der Waals surface area contributed by atoms with E-state index in [-0.39, 0.29) is 11.9 Å². The van der Waals surface area contributed by atoms with Crippen LogP contribution in [0.3, 0.4) is 0 Å². The highest BCUT2D eigenvalue weighted by Crippen LogP contribution is 2.28. The molecule has 3 nitrogen and oxygen atoms in total. The minimum atomic E-state index is -0.126. The minimum absolute atomic E-state index is 0.126. The molecule has 0 aromatic heterocycles. The summed E-state index contributed by atoms with van der Waals surface area (Å²) in [7, 11) is 1.67. The Labute approximate surface area is 125 Å². The highest BCUT2D eigenvalue weighted by atomic mass is 16.5. The fourth-order valence-electron chi connectivity index (χ4n) is 2.54. The number of hydrogen-bond acceptors (Lipinski definition) is 3. The summed E-state index contributed by atoms with van der Waals surface area (Å²) in [6, 6.07) is 12.4. The molecular weight excluding hydrogens is 264 g/mol. The molecule has 0 heterocycles. The van der Waals surface area contributed by atoms with Crippen LogP contribution < -0.4 is 4.74 Å². The SMILES string of the molecule is CCOC(=O)C[C@@H](CC)c1ccc2cc(OC)ccc2c1. The predicted octanol–water partition coefficient (Wildman–Crippen LogP) is 4.30. The van der Waals surface area contributed by atoms with Gasteiger partial charge in [0.05, 0.1) is 20.1 Å². The molecule has 0 aliphatic carbocycles. The normalized spacial score (nSPS) is 12.1. The van der Waals surface area contributed by atoms with Gasteiger partial charge in [0.25, 0.3) is 0 Å². The minimum Gasteiger partial charge on any atom is -0.497 e. The van der Waals surface area contributed by atoms with Crippen LogP contribution in [0.15, 0.2) is 36.4 Å². The van der Waals surface area contributed by atoms with E-state index in [0.29, 0.717) is 13.0 Å². The molecule has 0 bridgehead atoms. The van der Waals surface area contributed by atoms with E-state index in [1.165, 1.54) is 5.56 Å². The molecule has 0 unspecified atom stereocenters. The highest BCUT2D eigenvalue weighted by Gasteiger charge is 2.15. The Morgan fingerprint density at radius 1 is 1.10 bits per heavy atom. The zero-order valence-electron chi connectivity index (χ0n) is 12.9. The lowest BCUT2D eigenvalue weighted by molar-refractivity contribution is -0.143. The molecule has 0 spiro atoms. The van der Waals surface area contributed by atoms with Crippen molar-refractivity contribution < 1.29 is 14.3 Å². The quantitative estimate of drug-likeness (QED) is 0.743. The largest absolute Gasteiger partial charge is 0.497 e. The maximum atomic E-state index is 11.7. The second kappa shape index (κ2) is 7.11. The molecule has 0 amide bonds. The number of esters is 1. The summed E-state index contributed by atoms with van der Waals surface area (Å²) < 4.78 is 10.3. The fraction of sp³-hybridized carbons (Fsp3) is 0.389. The fourth-order valence-corrected chi connectivity index (χ4v) is 2.54. The standard InChI is InChI=1S/C18H22O3/c1-4-13(12-18(19)21-5-2)14-6-7-16-11-17(20-3)9-8-15(16)10-14/h6-11,13H,4-5,12H2,1-3H3/t13-/m1/s1. The van der Waals surface area contributed by atoms with Crippen molar-refractivity contribution >= 4 is 16.7 Å². The van der Waals surface area contributed by atoms with Gasteiger partial charge in [-0.05, 0) is 47.7 Å². The maximum Gasteiger partial charge on any atom is 0.306 e. The number of methoxy groups -OCH3 is 1. The van der Waals surface area contributed by atoms with Crippen molar-refractivity contribution in [2.45, 2.75) is 32.6 Å². The molecule has 2 aromatic carbocycles. The number of benzene rings is 2. The number of carbonyl (C=O) groups excluding carboxylic acids is 1. The van der Waals surface area contributed by atoms with E-state index in [9.17, 15) is 4.79 Å². The van der Waals surface area contributed by atoms with Gasteiger partial charge in [0.2, 0.25) is 0 Å². The molecule has 0 aliphatic rings. The van der Waals surface area contributed by atoms with Gasteiger partial charge >= 0.3 is 5.97 Å². The van der Waals surface area contributed by atoms with Crippen LogP contribution in [0.2, 0.25) is 0 Å². The van der Waals surface area contributed by atoms with Gasteiger partial charge in [-0.1, -0.05) is 31.2 Å². The number of fused-ring (bicyclic) bond motifs is 1. The van der Waals surface area contributed by atoms with Gasteiger partial charge in [0, 0.05) is 0 Å². The average Bonchev–Trinajstić information content (AvgIpc) is 2.51.